The molecule has 7 nitrogen and oxygen atoms in total. The number of hydrogen-bond donors (Lipinski definition) is 0. The third-order valence-corrected chi connectivity index (χ3v) is 6.84. The maximum absolute atomic E-state index is 13.2. The Morgan fingerprint density at radius 1 is 1.00 bits per heavy atom. The molecule has 2 fully saturated rings. The second-order valence-electron chi connectivity index (χ2n) is 9.20. The van der Waals surface area contributed by atoms with E-state index >= 15 is 0 Å². The lowest BCUT2D eigenvalue weighted by molar-refractivity contribution is -0.138. The number of aromatic nitrogens is 1. The van der Waals surface area contributed by atoms with Crippen molar-refractivity contribution in [2.75, 3.05) is 45.8 Å². The van der Waals surface area contributed by atoms with Crippen molar-refractivity contribution in [3.63, 3.8) is 0 Å². The predicted molar refractivity (Wildman–Crippen MR) is 123 cm³/mol. The minimum atomic E-state index is -0.157. The minimum Gasteiger partial charge on any atom is -0.355 e. The highest BCUT2D eigenvalue weighted by Crippen LogP contribution is 2.30. The molecule has 0 radical (unpaired) electrons. The van der Waals surface area contributed by atoms with Crippen LogP contribution in [-0.4, -0.2) is 77.5 Å². The van der Waals surface area contributed by atoms with E-state index in [2.05, 4.69) is 36.0 Å². The lowest BCUT2D eigenvalue weighted by Gasteiger charge is -2.38. The molecule has 3 heterocycles. The number of carbonyl (C=O) groups is 2. The van der Waals surface area contributed by atoms with E-state index in [0.717, 1.165) is 62.3 Å². The smallest absolute Gasteiger partial charge is 0.276 e. The zero-order valence-corrected chi connectivity index (χ0v) is 19.7. The number of carbonyl (C=O) groups excluding carboxylic acids is 2. The summed E-state index contributed by atoms with van der Waals surface area (Å²) in [5.74, 6) is 0.510. The van der Waals surface area contributed by atoms with Gasteiger partial charge in [-0.2, -0.15) is 0 Å². The molecule has 4 rings (SSSR count). The molecule has 2 aromatic rings. The quantitative estimate of drug-likeness (QED) is 0.733. The highest BCUT2D eigenvalue weighted by molar-refractivity contribution is 5.94. The summed E-state index contributed by atoms with van der Waals surface area (Å²) < 4.78 is 5.58. The number of rotatable bonds is 4. The molecule has 0 saturated carbocycles. The van der Waals surface area contributed by atoms with Crippen LogP contribution in [0.4, 0.5) is 0 Å². The van der Waals surface area contributed by atoms with Gasteiger partial charge in [-0.15, -0.1) is 0 Å². The van der Waals surface area contributed by atoms with Gasteiger partial charge in [-0.3, -0.25) is 9.59 Å². The van der Waals surface area contributed by atoms with Crippen molar-refractivity contribution < 1.29 is 14.1 Å². The summed E-state index contributed by atoms with van der Waals surface area (Å²) in [6, 6.07) is 5.95. The minimum absolute atomic E-state index is 0.131. The third-order valence-electron chi connectivity index (χ3n) is 6.84. The highest BCUT2D eigenvalue weighted by Gasteiger charge is 2.33. The topological polar surface area (TPSA) is 69.9 Å². The largest absolute Gasteiger partial charge is 0.355 e. The summed E-state index contributed by atoms with van der Waals surface area (Å²) in [6.07, 6.45) is 1.67. The number of hydrogen-bond acceptors (Lipinski definition) is 5. The molecule has 1 aromatic heterocycles. The fourth-order valence-corrected chi connectivity index (χ4v) is 5.13. The standard InChI is InChI=1S/C25H34N4O3/c1-5-27-9-11-28(12-10-27)24(30)20-7-6-8-29(16-20)25(31)21-15-22(32-26-21)23-18(3)13-17(2)14-19(23)4/h13-15,20H,5-12,16H2,1-4H3/t20-/m0/s1. The van der Waals surface area contributed by atoms with Crippen LogP contribution in [-0.2, 0) is 4.79 Å². The SMILES string of the molecule is CCN1CCN(C(=O)[C@H]2CCCN(C(=O)c3cc(-c4c(C)cc(C)cc4C)on3)C2)CC1. The van der Waals surface area contributed by atoms with Crippen molar-refractivity contribution >= 4 is 11.8 Å². The first-order valence-corrected chi connectivity index (χ1v) is 11.7. The molecule has 32 heavy (non-hydrogen) atoms. The van der Waals surface area contributed by atoms with Crippen molar-refractivity contribution in [1.82, 2.24) is 19.9 Å². The van der Waals surface area contributed by atoms with E-state index < -0.39 is 0 Å². The Kier molecular flexibility index (Phi) is 6.65. The molecule has 0 unspecified atom stereocenters. The predicted octanol–water partition coefficient (Wildman–Crippen LogP) is 3.28. The maximum Gasteiger partial charge on any atom is 0.276 e. The fraction of sp³-hybridized carbons (Fsp3) is 0.560. The molecule has 2 amide bonds. The van der Waals surface area contributed by atoms with E-state index in [1.807, 2.05) is 18.7 Å². The van der Waals surface area contributed by atoms with Gasteiger partial charge in [0.05, 0.1) is 5.92 Å². The zero-order valence-electron chi connectivity index (χ0n) is 19.7. The number of aryl methyl sites for hydroxylation is 3. The Morgan fingerprint density at radius 3 is 2.34 bits per heavy atom. The molecule has 1 aromatic carbocycles. The monoisotopic (exact) mass is 438 g/mol. The van der Waals surface area contributed by atoms with Crippen molar-refractivity contribution in [2.24, 2.45) is 5.92 Å². The number of benzene rings is 1. The summed E-state index contributed by atoms with van der Waals surface area (Å²) >= 11 is 0. The van der Waals surface area contributed by atoms with Gasteiger partial charge in [0, 0.05) is 50.9 Å². The van der Waals surface area contributed by atoms with Crippen LogP contribution < -0.4 is 0 Å². The Labute approximate surface area is 190 Å². The third kappa shape index (κ3) is 4.58. The van der Waals surface area contributed by atoms with E-state index in [9.17, 15) is 9.59 Å². The first-order chi connectivity index (χ1) is 15.4. The van der Waals surface area contributed by atoms with Crippen LogP contribution in [0.1, 0.15) is 46.9 Å². The summed E-state index contributed by atoms with van der Waals surface area (Å²) in [7, 11) is 0. The van der Waals surface area contributed by atoms with Crippen molar-refractivity contribution in [1.29, 1.82) is 0 Å². The van der Waals surface area contributed by atoms with Gasteiger partial charge >= 0.3 is 0 Å². The van der Waals surface area contributed by atoms with E-state index in [-0.39, 0.29) is 17.7 Å². The summed E-state index contributed by atoms with van der Waals surface area (Å²) in [5, 5.41) is 4.08. The van der Waals surface area contributed by atoms with E-state index in [1.165, 1.54) is 5.56 Å². The van der Waals surface area contributed by atoms with Crippen LogP contribution >= 0.6 is 0 Å². The van der Waals surface area contributed by atoms with Gasteiger partial charge in [0.25, 0.3) is 5.91 Å². The number of piperidine rings is 1. The fourth-order valence-electron chi connectivity index (χ4n) is 5.13. The lowest BCUT2D eigenvalue weighted by Crippen LogP contribution is -2.53. The summed E-state index contributed by atoms with van der Waals surface area (Å²) in [4.78, 5) is 32.4. The second-order valence-corrected chi connectivity index (χ2v) is 9.20. The molecule has 0 aliphatic carbocycles. The second kappa shape index (κ2) is 9.45. The van der Waals surface area contributed by atoms with Crippen molar-refractivity contribution in [3.05, 3.63) is 40.6 Å². The van der Waals surface area contributed by atoms with E-state index in [0.29, 0.717) is 24.5 Å². The molecule has 2 aliphatic rings. The molecule has 1 atom stereocenters. The van der Waals surface area contributed by atoms with Crippen molar-refractivity contribution in [2.45, 2.75) is 40.5 Å². The number of likely N-dealkylation sites (tertiary alicyclic amines) is 1. The Morgan fingerprint density at radius 2 is 1.69 bits per heavy atom. The molecular formula is C25H34N4O3. The average molecular weight is 439 g/mol. The van der Waals surface area contributed by atoms with Gasteiger partial charge < -0.3 is 19.2 Å². The van der Waals surface area contributed by atoms with Gasteiger partial charge in [-0.05, 0) is 51.3 Å². The van der Waals surface area contributed by atoms with Crippen LogP contribution in [0.15, 0.2) is 22.7 Å². The summed E-state index contributed by atoms with van der Waals surface area (Å²) in [6.45, 7) is 13.8. The van der Waals surface area contributed by atoms with Gasteiger partial charge in [0.2, 0.25) is 5.91 Å². The first-order valence-electron chi connectivity index (χ1n) is 11.7. The number of nitrogens with zero attached hydrogens (tertiary/aromatic N) is 4. The Balaban J connectivity index is 1.44. The molecule has 0 bridgehead atoms. The number of amides is 2. The van der Waals surface area contributed by atoms with Gasteiger partial charge in [0.1, 0.15) is 0 Å². The van der Waals surface area contributed by atoms with Crippen LogP contribution in [0.2, 0.25) is 0 Å². The van der Waals surface area contributed by atoms with Gasteiger partial charge in [0.15, 0.2) is 11.5 Å². The number of likely N-dealkylation sites (N-methyl/N-ethyl adjacent to an activating group) is 1. The maximum atomic E-state index is 13.2. The Bertz CT molecular complexity index is 968. The van der Waals surface area contributed by atoms with E-state index in [4.69, 9.17) is 4.52 Å². The van der Waals surface area contributed by atoms with Crippen LogP contribution in [0.5, 0.6) is 0 Å². The lowest BCUT2D eigenvalue weighted by atomic mass is 9.95. The van der Waals surface area contributed by atoms with Gasteiger partial charge in [-0.1, -0.05) is 29.8 Å². The van der Waals surface area contributed by atoms with Crippen LogP contribution in [0.25, 0.3) is 11.3 Å². The van der Waals surface area contributed by atoms with Crippen LogP contribution in [0, 0.1) is 26.7 Å². The summed E-state index contributed by atoms with van der Waals surface area (Å²) in [5.41, 5.74) is 4.69. The molecule has 2 aliphatic heterocycles. The molecule has 2 saturated heterocycles. The molecular weight excluding hydrogens is 404 g/mol. The Hall–Kier alpha value is -2.67. The van der Waals surface area contributed by atoms with Crippen LogP contribution in [0.3, 0.4) is 0 Å². The average Bonchev–Trinajstić information content (AvgIpc) is 3.27. The zero-order chi connectivity index (χ0) is 22.8. The molecule has 7 heteroatoms. The van der Waals surface area contributed by atoms with Crippen molar-refractivity contribution in [3.8, 4) is 11.3 Å². The first kappa shape index (κ1) is 22.5. The molecule has 0 spiro atoms. The highest BCUT2D eigenvalue weighted by atomic mass is 16.5. The number of piperazine rings is 1. The van der Waals surface area contributed by atoms with E-state index in [1.54, 1.807) is 11.0 Å². The molecule has 172 valence electrons. The normalized spacial score (nSPS) is 19.9. The molecule has 0 N–H and O–H groups in total. The van der Waals surface area contributed by atoms with Gasteiger partial charge in [-0.25, -0.2) is 0 Å².